The molecule has 48 heavy (non-hydrogen) atoms. The van der Waals surface area contributed by atoms with Crippen LogP contribution in [0.15, 0.2) is 0 Å². The lowest BCUT2D eigenvalue weighted by atomic mass is 9.96. The number of rotatable bonds is 13. The highest BCUT2D eigenvalue weighted by Gasteiger charge is 2.54. The molecule has 4 aliphatic heterocycles. The van der Waals surface area contributed by atoms with Crippen molar-refractivity contribution in [1.29, 1.82) is 0 Å². The highest BCUT2D eigenvalue weighted by Crippen LogP contribution is 2.34. The second-order valence-electron chi connectivity index (χ2n) is 11.8. The van der Waals surface area contributed by atoms with Crippen molar-refractivity contribution in [2.75, 3.05) is 47.8 Å². The molecule has 0 saturated carbocycles. The molecule has 4 heterocycles. The Balaban J connectivity index is 1.57. The van der Waals surface area contributed by atoms with Gasteiger partial charge in [-0.1, -0.05) is 0 Å². The van der Waals surface area contributed by atoms with Gasteiger partial charge in [-0.05, 0) is 0 Å². The van der Waals surface area contributed by atoms with Crippen LogP contribution >= 0.6 is 0 Å². The van der Waals surface area contributed by atoms with Gasteiger partial charge < -0.3 is 104 Å². The van der Waals surface area contributed by atoms with Gasteiger partial charge in [0.2, 0.25) is 0 Å². The lowest BCUT2D eigenvalue weighted by molar-refractivity contribution is -0.384. The van der Waals surface area contributed by atoms with Crippen molar-refractivity contribution in [2.24, 2.45) is 0 Å². The molecule has 282 valence electrons. The van der Waals surface area contributed by atoms with Gasteiger partial charge in [0.25, 0.3) is 0 Å². The van der Waals surface area contributed by atoms with Crippen LogP contribution in [0.3, 0.4) is 0 Å². The number of ether oxygens (including phenoxy) is 10. The van der Waals surface area contributed by atoms with E-state index in [1.807, 2.05) is 0 Å². The summed E-state index contributed by atoms with van der Waals surface area (Å²) >= 11 is 0. The number of hydrogen-bond acceptors (Lipinski definition) is 21. The molecule has 0 aromatic heterocycles. The van der Waals surface area contributed by atoms with Crippen molar-refractivity contribution in [3.05, 3.63) is 0 Å². The first-order chi connectivity index (χ1) is 22.9. The molecule has 0 aliphatic carbocycles. The minimum absolute atomic E-state index is 0.629. The predicted octanol–water partition coefficient (Wildman–Crippen LogP) is -7.79. The molecule has 0 aromatic carbocycles. The Bertz CT molecular complexity index is 960. The summed E-state index contributed by atoms with van der Waals surface area (Å²) in [5.41, 5.74) is 0. The lowest BCUT2D eigenvalue weighted by Gasteiger charge is -2.48. The fourth-order valence-corrected chi connectivity index (χ4v) is 6.17. The number of hydrogen-bond donors (Lipinski definition) is 11. The van der Waals surface area contributed by atoms with Crippen LogP contribution in [0, 0.1) is 0 Å². The van der Waals surface area contributed by atoms with E-state index in [9.17, 15) is 56.2 Å². The highest BCUT2D eigenvalue weighted by molar-refractivity contribution is 4.97. The smallest absolute Gasteiger partial charge is 0.187 e. The second-order valence-corrected chi connectivity index (χ2v) is 11.8. The van der Waals surface area contributed by atoms with E-state index in [4.69, 9.17) is 47.4 Å². The van der Waals surface area contributed by atoms with E-state index < -0.39 is 149 Å². The third kappa shape index (κ3) is 8.12. The molecule has 21 heteroatoms. The van der Waals surface area contributed by atoms with Gasteiger partial charge in [0.05, 0.1) is 26.4 Å². The van der Waals surface area contributed by atoms with Gasteiger partial charge in [-0.2, -0.15) is 0 Å². The van der Waals surface area contributed by atoms with E-state index in [-0.39, 0.29) is 0 Å². The first-order valence-electron chi connectivity index (χ1n) is 15.3. The Hall–Kier alpha value is -0.840. The Morgan fingerprint density at radius 1 is 0.396 bits per heavy atom. The Labute approximate surface area is 274 Å². The SMILES string of the molecule is CO[C@@H]1OC(CO)[C@H](O[C@@H]2OC(CO[C@H]3OC(CO)[C@H](OC)[C@@H](O)C3O)[C@H](O[C@@H]3OC(CO)[C@H](OC)[C@@H](O)C3O)[C@@H](O)C2O)[C@@H](O)C1O. The first-order valence-corrected chi connectivity index (χ1v) is 15.3. The standard InChI is InChI=1S/C27H48O21/c1-39-20-8(4-28)44-25(17(36)12(20)31)42-7-11-23(48-26-18(37)13(32)21(40-2)9(5-29)45-26)15(34)19(38)27(46-11)47-22-10(6-30)43-24(41-3)16(35)14(22)33/h8-38H,4-7H2,1-3H3/t8?,9?,10?,11?,12-,13-,14-,15-,16?,17?,18?,19?,20-,21-,22-,23-,24+,25-,26-,27-/m0/s1. The van der Waals surface area contributed by atoms with Crippen molar-refractivity contribution < 1.29 is 104 Å². The number of aliphatic hydroxyl groups is 11. The molecule has 4 rings (SSSR count). The molecule has 0 aromatic rings. The van der Waals surface area contributed by atoms with Gasteiger partial charge >= 0.3 is 0 Å². The molecular weight excluding hydrogens is 660 g/mol. The van der Waals surface area contributed by atoms with Crippen LogP contribution < -0.4 is 0 Å². The summed E-state index contributed by atoms with van der Waals surface area (Å²) in [7, 11) is 3.65. The van der Waals surface area contributed by atoms with Gasteiger partial charge in [0.1, 0.15) is 97.7 Å². The molecule has 21 nitrogen and oxygen atoms in total. The van der Waals surface area contributed by atoms with Crippen molar-refractivity contribution in [3.8, 4) is 0 Å². The van der Waals surface area contributed by atoms with Crippen LogP contribution in [0.4, 0.5) is 0 Å². The van der Waals surface area contributed by atoms with Crippen molar-refractivity contribution >= 4 is 0 Å². The van der Waals surface area contributed by atoms with Crippen LogP contribution in [-0.2, 0) is 47.4 Å². The Morgan fingerprint density at radius 3 is 1.17 bits per heavy atom. The normalized spacial score (nSPS) is 50.4. The quantitative estimate of drug-likeness (QED) is 0.0846. The van der Waals surface area contributed by atoms with Gasteiger partial charge in [-0.25, -0.2) is 0 Å². The average Bonchev–Trinajstić information content (AvgIpc) is 3.09. The van der Waals surface area contributed by atoms with E-state index in [2.05, 4.69) is 0 Å². The molecule has 8 unspecified atom stereocenters. The maximum Gasteiger partial charge on any atom is 0.187 e. The van der Waals surface area contributed by atoms with E-state index in [1.165, 1.54) is 21.3 Å². The Kier molecular flexibility index (Phi) is 14.6. The minimum atomic E-state index is -1.99. The van der Waals surface area contributed by atoms with Gasteiger partial charge in [0, 0.05) is 21.3 Å². The lowest BCUT2D eigenvalue weighted by Crippen LogP contribution is -2.67. The van der Waals surface area contributed by atoms with Crippen molar-refractivity contribution in [2.45, 2.75) is 123 Å². The maximum absolute atomic E-state index is 11.3. The monoisotopic (exact) mass is 708 g/mol. The van der Waals surface area contributed by atoms with Crippen LogP contribution in [0.1, 0.15) is 0 Å². The van der Waals surface area contributed by atoms with Crippen LogP contribution in [-0.4, -0.2) is 227 Å². The minimum Gasteiger partial charge on any atom is -0.394 e. The first kappa shape index (κ1) is 39.9. The predicted molar refractivity (Wildman–Crippen MR) is 148 cm³/mol. The summed E-state index contributed by atoms with van der Waals surface area (Å²) in [6.45, 7) is -2.71. The molecule has 4 fully saturated rings. The fraction of sp³-hybridized carbons (Fsp3) is 1.00. The van der Waals surface area contributed by atoms with E-state index in [0.29, 0.717) is 0 Å². The number of aliphatic hydroxyl groups excluding tert-OH is 11. The molecule has 0 radical (unpaired) electrons. The van der Waals surface area contributed by atoms with Crippen LogP contribution in [0.5, 0.6) is 0 Å². The van der Waals surface area contributed by atoms with Crippen LogP contribution in [0.2, 0.25) is 0 Å². The largest absolute Gasteiger partial charge is 0.394 e. The van der Waals surface area contributed by atoms with Crippen molar-refractivity contribution in [3.63, 3.8) is 0 Å². The van der Waals surface area contributed by atoms with E-state index in [1.54, 1.807) is 0 Å². The topological polar surface area (TPSA) is 315 Å². The third-order valence-corrected chi connectivity index (χ3v) is 8.89. The van der Waals surface area contributed by atoms with E-state index >= 15 is 0 Å². The zero-order chi connectivity index (χ0) is 35.4. The molecule has 20 atom stereocenters. The number of methoxy groups -OCH3 is 3. The zero-order valence-electron chi connectivity index (χ0n) is 26.4. The molecular formula is C27H48O21. The summed E-state index contributed by atoms with van der Waals surface area (Å²) < 4.78 is 54.8. The van der Waals surface area contributed by atoms with Crippen LogP contribution in [0.25, 0.3) is 0 Å². The third-order valence-electron chi connectivity index (χ3n) is 8.89. The molecule has 0 spiro atoms. The second kappa shape index (κ2) is 17.6. The molecule has 4 aliphatic rings. The summed E-state index contributed by atoms with van der Waals surface area (Å²) in [5.74, 6) is 0. The molecule has 0 bridgehead atoms. The Morgan fingerprint density at radius 2 is 0.729 bits per heavy atom. The fourth-order valence-electron chi connectivity index (χ4n) is 6.17. The average molecular weight is 709 g/mol. The van der Waals surface area contributed by atoms with Gasteiger partial charge in [-0.3, -0.25) is 0 Å². The summed E-state index contributed by atoms with van der Waals surface area (Å²) in [6.07, 6.45) is -31.3. The van der Waals surface area contributed by atoms with Gasteiger partial charge in [-0.15, -0.1) is 0 Å². The highest BCUT2D eigenvalue weighted by atomic mass is 16.8. The summed E-state index contributed by atoms with van der Waals surface area (Å²) in [6, 6.07) is 0. The zero-order valence-corrected chi connectivity index (χ0v) is 26.4. The summed E-state index contributed by atoms with van der Waals surface area (Å²) in [4.78, 5) is 0. The molecule has 0 amide bonds. The maximum atomic E-state index is 11.3. The van der Waals surface area contributed by atoms with E-state index in [0.717, 1.165) is 0 Å². The van der Waals surface area contributed by atoms with Gasteiger partial charge in [0.15, 0.2) is 25.2 Å². The van der Waals surface area contributed by atoms with Crippen molar-refractivity contribution in [1.82, 2.24) is 0 Å². The molecule has 11 N–H and O–H groups in total. The molecule has 4 saturated heterocycles. The summed E-state index contributed by atoms with van der Waals surface area (Å²) in [5, 5.41) is 115.